The van der Waals surface area contributed by atoms with Gasteiger partial charge in [-0.05, 0) is 42.8 Å². The van der Waals surface area contributed by atoms with Gasteiger partial charge >= 0.3 is 5.97 Å². The van der Waals surface area contributed by atoms with Crippen molar-refractivity contribution in [1.82, 2.24) is 0 Å². The van der Waals surface area contributed by atoms with Crippen LogP contribution in [0.25, 0.3) is 0 Å². The van der Waals surface area contributed by atoms with Crippen molar-refractivity contribution in [2.75, 3.05) is 30.5 Å². The summed E-state index contributed by atoms with van der Waals surface area (Å²) in [6, 6.07) is 13.9. The van der Waals surface area contributed by atoms with Crippen LogP contribution in [0, 0.1) is 5.92 Å². The first-order valence-corrected chi connectivity index (χ1v) is 10.0. The number of carbonyl (C=O) groups is 3. The molecule has 7 heteroatoms. The van der Waals surface area contributed by atoms with Gasteiger partial charge in [0.25, 0.3) is 0 Å². The second-order valence-electron chi connectivity index (χ2n) is 7.13. The van der Waals surface area contributed by atoms with Crippen LogP contribution in [0.3, 0.4) is 0 Å². The molecular formula is C23H26N2O5. The minimum atomic E-state index is -0.531. The lowest BCUT2D eigenvalue weighted by atomic mass is 10.1. The van der Waals surface area contributed by atoms with Crippen LogP contribution < -0.4 is 15.0 Å². The average Bonchev–Trinajstić information content (AvgIpc) is 3.16. The van der Waals surface area contributed by atoms with Gasteiger partial charge in [0.2, 0.25) is 11.8 Å². The molecular weight excluding hydrogens is 384 g/mol. The maximum absolute atomic E-state index is 12.7. The first kappa shape index (κ1) is 21.4. The molecule has 158 valence electrons. The Morgan fingerprint density at radius 1 is 1.13 bits per heavy atom. The van der Waals surface area contributed by atoms with Crippen molar-refractivity contribution in [3.63, 3.8) is 0 Å². The highest BCUT2D eigenvalue weighted by Crippen LogP contribution is 2.28. The highest BCUT2D eigenvalue weighted by Gasteiger charge is 2.35. The van der Waals surface area contributed by atoms with E-state index in [0.717, 1.165) is 24.3 Å². The van der Waals surface area contributed by atoms with Gasteiger partial charge in [0.1, 0.15) is 5.75 Å². The molecule has 0 aromatic heterocycles. The summed E-state index contributed by atoms with van der Waals surface area (Å²) < 4.78 is 10.4. The van der Waals surface area contributed by atoms with Gasteiger partial charge in [-0.2, -0.15) is 0 Å². The third-order valence-corrected chi connectivity index (χ3v) is 5.00. The number of rotatable bonds is 8. The Labute approximate surface area is 176 Å². The van der Waals surface area contributed by atoms with E-state index >= 15 is 0 Å². The molecule has 3 rings (SSSR count). The van der Waals surface area contributed by atoms with Crippen LogP contribution in [0.5, 0.6) is 5.75 Å². The minimum Gasteiger partial charge on any atom is -0.494 e. The zero-order chi connectivity index (χ0) is 21.5. The zero-order valence-corrected chi connectivity index (χ0v) is 17.2. The van der Waals surface area contributed by atoms with Gasteiger partial charge in [0.05, 0.1) is 30.9 Å². The summed E-state index contributed by atoms with van der Waals surface area (Å²) in [7, 11) is 1.29. The average molecular weight is 410 g/mol. The largest absolute Gasteiger partial charge is 0.494 e. The molecule has 1 aliphatic heterocycles. The van der Waals surface area contributed by atoms with Crippen LogP contribution in [-0.4, -0.2) is 38.0 Å². The molecule has 1 fully saturated rings. The Balaban J connectivity index is 1.64. The molecule has 0 spiro atoms. The molecule has 1 N–H and O–H groups in total. The molecule has 7 nitrogen and oxygen atoms in total. The summed E-state index contributed by atoms with van der Waals surface area (Å²) in [5, 5.41) is 2.76. The lowest BCUT2D eigenvalue weighted by Crippen LogP contribution is -2.28. The third-order valence-electron chi connectivity index (χ3n) is 5.00. The predicted octanol–water partition coefficient (Wildman–Crippen LogP) is 3.64. The molecule has 0 radical (unpaired) electrons. The molecule has 0 aliphatic carbocycles. The fraction of sp³-hybridized carbons (Fsp3) is 0.348. The van der Waals surface area contributed by atoms with Gasteiger partial charge < -0.3 is 19.7 Å². The minimum absolute atomic E-state index is 0.112. The van der Waals surface area contributed by atoms with Crippen molar-refractivity contribution in [3.8, 4) is 5.75 Å². The van der Waals surface area contributed by atoms with Crippen molar-refractivity contribution >= 4 is 29.2 Å². The summed E-state index contributed by atoms with van der Waals surface area (Å²) in [6.07, 6.45) is 2.16. The Kier molecular flexibility index (Phi) is 7.06. The Morgan fingerprint density at radius 2 is 1.87 bits per heavy atom. The number of esters is 1. The highest BCUT2D eigenvalue weighted by atomic mass is 16.5. The summed E-state index contributed by atoms with van der Waals surface area (Å²) in [4.78, 5) is 38.7. The number of carbonyl (C=O) groups excluding carboxylic acids is 3. The number of hydrogen-bond donors (Lipinski definition) is 1. The van der Waals surface area contributed by atoms with Crippen LogP contribution in [0.2, 0.25) is 0 Å². The maximum Gasteiger partial charge on any atom is 0.339 e. The van der Waals surface area contributed by atoms with Crippen LogP contribution >= 0.6 is 0 Å². The first-order chi connectivity index (χ1) is 14.5. The summed E-state index contributed by atoms with van der Waals surface area (Å²) in [5.41, 5.74) is 1.37. The molecule has 2 aromatic rings. The number of benzene rings is 2. The van der Waals surface area contributed by atoms with Crippen molar-refractivity contribution in [2.45, 2.75) is 26.2 Å². The topological polar surface area (TPSA) is 84.9 Å². The molecule has 30 heavy (non-hydrogen) atoms. The molecule has 0 saturated carbocycles. The Hall–Kier alpha value is -3.35. The van der Waals surface area contributed by atoms with E-state index in [1.165, 1.54) is 7.11 Å². The number of para-hydroxylation sites is 1. The van der Waals surface area contributed by atoms with E-state index in [2.05, 4.69) is 12.2 Å². The van der Waals surface area contributed by atoms with Gasteiger partial charge in [-0.25, -0.2) is 4.79 Å². The van der Waals surface area contributed by atoms with Gasteiger partial charge in [-0.1, -0.05) is 25.5 Å². The lowest BCUT2D eigenvalue weighted by molar-refractivity contribution is -0.122. The van der Waals surface area contributed by atoms with E-state index < -0.39 is 11.9 Å². The standard InChI is InChI=1S/C23H26N2O5/c1-3-4-13-30-18-11-9-17(10-12-18)25-15-16(14-21(25)26)22(27)24-20-8-6-5-7-19(20)23(28)29-2/h5-12,16H,3-4,13-15H2,1-2H3,(H,24,27)/t16-/m1/s1. The van der Waals surface area contributed by atoms with Gasteiger partial charge in [0, 0.05) is 18.7 Å². The predicted molar refractivity (Wildman–Crippen MR) is 114 cm³/mol. The first-order valence-electron chi connectivity index (χ1n) is 10.0. The second kappa shape index (κ2) is 9.91. The Morgan fingerprint density at radius 3 is 2.57 bits per heavy atom. The van der Waals surface area contributed by atoms with Crippen molar-refractivity contribution < 1.29 is 23.9 Å². The van der Waals surface area contributed by atoms with E-state index in [-0.39, 0.29) is 30.3 Å². The van der Waals surface area contributed by atoms with Gasteiger partial charge in [-0.15, -0.1) is 0 Å². The smallest absolute Gasteiger partial charge is 0.339 e. The second-order valence-corrected chi connectivity index (χ2v) is 7.13. The number of ether oxygens (including phenoxy) is 2. The highest BCUT2D eigenvalue weighted by molar-refractivity contribution is 6.06. The van der Waals surface area contributed by atoms with E-state index in [1.807, 2.05) is 24.3 Å². The van der Waals surface area contributed by atoms with E-state index in [9.17, 15) is 14.4 Å². The molecule has 1 atom stereocenters. The maximum atomic E-state index is 12.7. The Bertz CT molecular complexity index is 910. The van der Waals surface area contributed by atoms with Gasteiger partial charge in [0.15, 0.2) is 0 Å². The number of nitrogens with one attached hydrogen (secondary N) is 1. The molecule has 1 aliphatic rings. The van der Waals surface area contributed by atoms with E-state index in [4.69, 9.17) is 9.47 Å². The quantitative estimate of drug-likeness (QED) is 0.530. The zero-order valence-electron chi connectivity index (χ0n) is 17.2. The summed E-state index contributed by atoms with van der Waals surface area (Å²) in [5.74, 6) is -0.703. The number of amides is 2. The monoisotopic (exact) mass is 410 g/mol. The molecule has 0 unspecified atom stereocenters. The molecule has 1 saturated heterocycles. The number of methoxy groups -OCH3 is 1. The van der Waals surface area contributed by atoms with E-state index in [1.54, 1.807) is 29.2 Å². The lowest BCUT2D eigenvalue weighted by Gasteiger charge is -2.17. The van der Waals surface area contributed by atoms with Crippen molar-refractivity contribution in [1.29, 1.82) is 0 Å². The fourth-order valence-electron chi connectivity index (χ4n) is 3.30. The van der Waals surface area contributed by atoms with Crippen LogP contribution in [0.4, 0.5) is 11.4 Å². The molecule has 0 bridgehead atoms. The molecule has 2 aromatic carbocycles. The van der Waals surface area contributed by atoms with Crippen LogP contribution in [0.1, 0.15) is 36.5 Å². The van der Waals surface area contributed by atoms with Crippen LogP contribution in [0.15, 0.2) is 48.5 Å². The van der Waals surface area contributed by atoms with Crippen molar-refractivity contribution in [2.24, 2.45) is 5.92 Å². The molecule has 1 heterocycles. The third kappa shape index (κ3) is 4.97. The number of hydrogen-bond acceptors (Lipinski definition) is 5. The normalized spacial score (nSPS) is 15.7. The SMILES string of the molecule is CCCCOc1ccc(N2C[C@H](C(=O)Nc3ccccc3C(=O)OC)CC2=O)cc1. The van der Waals surface area contributed by atoms with E-state index in [0.29, 0.717) is 12.3 Å². The van der Waals surface area contributed by atoms with Crippen molar-refractivity contribution in [3.05, 3.63) is 54.1 Å². The number of unbranched alkanes of at least 4 members (excludes halogenated alkanes) is 1. The van der Waals surface area contributed by atoms with Crippen LogP contribution in [-0.2, 0) is 14.3 Å². The summed E-state index contributed by atoms with van der Waals surface area (Å²) >= 11 is 0. The number of nitrogens with zero attached hydrogens (tertiary/aromatic N) is 1. The van der Waals surface area contributed by atoms with Gasteiger partial charge in [-0.3, -0.25) is 9.59 Å². The summed E-state index contributed by atoms with van der Waals surface area (Å²) in [6.45, 7) is 3.04. The number of anilines is 2. The fourth-order valence-corrected chi connectivity index (χ4v) is 3.30. The molecule has 2 amide bonds.